The number of nitrogens with zero attached hydrogens (tertiary/aromatic N) is 2. The molecule has 0 aliphatic heterocycles. The first-order valence-electron chi connectivity index (χ1n) is 9.34. The van der Waals surface area contributed by atoms with Crippen molar-refractivity contribution in [3.05, 3.63) is 65.5 Å². The molecule has 0 aliphatic rings. The van der Waals surface area contributed by atoms with Crippen LogP contribution in [0.25, 0.3) is 0 Å². The largest absolute Gasteiger partial charge is 0.383 e. The van der Waals surface area contributed by atoms with Gasteiger partial charge in [-0.15, -0.1) is 0 Å². The Morgan fingerprint density at radius 3 is 2.62 bits per heavy atom. The fraction of sp³-hybridized carbons (Fsp3) is 0.476. The van der Waals surface area contributed by atoms with E-state index in [1.807, 2.05) is 6.20 Å². The molecule has 2 aromatic rings. The molecule has 0 bridgehead atoms. The van der Waals surface area contributed by atoms with Gasteiger partial charge in [0.2, 0.25) is 0 Å². The summed E-state index contributed by atoms with van der Waals surface area (Å²) in [5.74, 6) is 0. The lowest BCUT2D eigenvalue weighted by molar-refractivity contribution is 0.199. The van der Waals surface area contributed by atoms with E-state index in [0.717, 1.165) is 58.0 Å². The molecule has 1 heterocycles. The highest BCUT2D eigenvalue weighted by molar-refractivity contribution is 5.16. The van der Waals surface area contributed by atoms with Crippen LogP contribution >= 0.6 is 0 Å². The second kappa shape index (κ2) is 12.5. The Hall–Kier alpha value is -1.79. The van der Waals surface area contributed by atoms with Crippen molar-refractivity contribution in [2.75, 3.05) is 40.4 Å². The maximum Gasteiger partial charge on any atom is 0.0587 e. The van der Waals surface area contributed by atoms with Crippen LogP contribution in [0.15, 0.2) is 48.7 Å². The Labute approximate surface area is 157 Å². The molecule has 0 fully saturated rings. The first-order valence-corrected chi connectivity index (χ1v) is 9.34. The normalized spacial score (nSPS) is 11.2. The standard InChI is InChI=1S/C21H32N4O/c1-25(18-19-7-4-3-5-8-19)13-6-10-22-17-21-15-20(9-11-24-21)16-23-12-14-26-2/h3-5,7-9,11,15,22-23H,6,10,12-14,16-18H2,1-2H3. The smallest absolute Gasteiger partial charge is 0.0587 e. The van der Waals surface area contributed by atoms with E-state index in [1.165, 1.54) is 11.1 Å². The Balaban J connectivity index is 1.59. The van der Waals surface area contributed by atoms with Crippen LogP contribution in [0.3, 0.4) is 0 Å². The third-order valence-electron chi connectivity index (χ3n) is 4.19. The van der Waals surface area contributed by atoms with Crippen LogP contribution in [0.2, 0.25) is 0 Å². The molecule has 0 radical (unpaired) electrons. The molecule has 2 rings (SSSR count). The quantitative estimate of drug-likeness (QED) is 0.540. The third kappa shape index (κ3) is 8.54. The Morgan fingerprint density at radius 1 is 1.00 bits per heavy atom. The van der Waals surface area contributed by atoms with Gasteiger partial charge in [-0.2, -0.15) is 0 Å². The predicted octanol–water partition coefficient (Wildman–Crippen LogP) is 2.43. The molecule has 5 heteroatoms. The van der Waals surface area contributed by atoms with Gasteiger partial charge >= 0.3 is 0 Å². The minimum atomic E-state index is 0.734. The summed E-state index contributed by atoms with van der Waals surface area (Å²) in [7, 11) is 3.89. The highest BCUT2D eigenvalue weighted by Gasteiger charge is 2.01. The fourth-order valence-electron chi connectivity index (χ4n) is 2.81. The predicted molar refractivity (Wildman–Crippen MR) is 107 cm³/mol. The van der Waals surface area contributed by atoms with Gasteiger partial charge < -0.3 is 20.3 Å². The van der Waals surface area contributed by atoms with Crippen molar-refractivity contribution < 1.29 is 4.74 Å². The van der Waals surface area contributed by atoms with Gasteiger partial charge in [0.1, 0.15) is 0 Å². The second-order valence-electron chi connectivity index (χ2n) is 6.58. The highest BCUT2D eigenvalue weighted by Crippen LogP contribution is 2.03. The zero-order valence-electron chi connectivity index (χ0n) is 16.1. The molecule has 0 saturated heterocycles. The van der Waals surface area contributed by atoms with Gasteiger partial charge in [0.25, 0.3) is 0 Å². The van der Waals surface area contributed by atoms with Gasteiger partial charge in [-0.25, -0.2) is 0 Å². The van der Waals surface area contributed by atoms with E-state index in [2.05, 4.69) is 70.0 Å². The number of ether oxygens (including phenoxy) is 1. The summed E-state index contributed by atoms with van der Waals surface area (Å²) in [6.45, 7) is 6.34. The Kier molecular flexibility index (Phi) is 9.90. The van der Waals surface area contributed by atoms with Crippen molar-refractivity contribution in [3.63, 3.8) is 0 Å². The van der Waals surface area contributed by atoms with Crippen molar-refractivity contribution >= 4 is 0 Å². The maximum atomic E-state index is 5.04. The van der Waals surface area contributed by atoms with Gasteiger partial charge in [-0.3, -0.25) is 4.98 Å². The van der Waals surface area contributed by atoms with Gasteiger partial charge in [0.15, 0.2) is 0 Å². The van der Waals surface area contributed by atoms with Crippen LogP contribution in [0, 0.1) is 0 Å². The lowest BCUT2D eigenvalue weighted by Crippen LogP contribution is -2.24. The monoisotopic (exact) mass is 356 g/mol. The van der Waals surface area contributed by atoms with Gasteiger partial charge in [-0.1, -0.05) is 30.3 Å². The average molecular weight is 357 g/mol. The number of nitrogens with one attached hydrogen (secondary N) is 2. The fourth-order valence-corrected chi connectivity index (χ4v) is 2.81. The molecule has 26 heavy (non-hydrogen) atoms. The summed E-state index contributed by atoms with van der Waals surface area (Å²) in [5, 5.41) is 6.85. The second-order valence-corrected chi connectivity index (χ2v) is 6.58. The summed E-state index contributed by atoms with van der Waals surface area (Å²) in [4.78, 5) is 6.81. The maximum absolute atomic E-state index is 5.04. The number of aromatic nitrogens is 1. The van der Waals surface area contributed by atoms with E-state index in [9.17, 15) is 0 Å². The van der Waals surface area contributed by atoms with Crippen LogP contribution in [-0.4, -0.2) is 50.3 Å². The number of benzene rings is 1. The molecule has 0 saturated carbocycles. The van der Waals surface area contributed by atoms with E-state index in [1.54, 1.807) is 7.11 Å². The lowest BCUT2D eigenvalue weighted by atomic mass is 10.2. The third-order valence-corrected chi connectivity index (χ3v) is 4.19. The van der Waals surface area contributed by atoms with Crippen LogP contribution in [0.4, 0.5) is 0 Å². The number of hydrogen-bond donors (Lipinski definition) is 2. The summed E-state index contributed by atoms with van der Waals surface area (Å²) in [6, 6.07) is 14.8. The molecular formula is C21H32N4O. The summed E-state index contributed by atoms with van der Waals surface area (Å²) < 4.78 is 5.04. The van der Waals surface area contributed by atoms with E-state index in [4.69, 9.17) is 4.74 Å². The molecular weight excluding hydrogens is 324 g/mol. The van der Waals surface area contributed by atoms with E-state index >= 15 is 0 Å². The highest BCUT2D eigenvalue weighted by atomic mass is 16.5. The molecule has 142 valence electrons. The van der Waals surface area contributed by atoms with Crippen molar-refractivity contribution in [1.82, 2.24) is 20.5 Å². The van der Waals surface area contributed by atoms with Gasteiger partial charge in [0, 0.05) is 39.5 Å². The van der Waals surface area contributed by atoms with Crippen LogP contribution in [-0.2, 0) is 24.4 Å². The molecule has 5 nitrogen and oxygen atoms in total. The number of methoxy groups -OCH3 is 1. The van der Waals surface area contributed by atoms with Crippen LogP contribution in [0.1, 0.15) is 23.2 Å². The molecule has 0 amide bonds. The number of pyridine rings is 1. The number of rotatable bonds is 13. The van der Waals surface area contributed by atoms with E-state index in [-0.39, 0.29) is 0 Å². The molecule has 0 unspecified atom stereocenters. The van der Waals surface area contributed by atoms with E-state index in [0.29, 0.717) is 0 Å². The minimum absolute atomic E-state index is 0.734. The van der Waals surface area contributed by atoms with Crippen molar-refractivity contribution in [2.45, 2.75) is 26.1 Å². The summed E-state index contributed by atoms with van der Waals surface area (Å²) in [5.41, 5.74) is 3.72. The molecule has 0 spiro atoms. The Bertz CT molecular complexity index is 606. The SMILES string of the molecule is COCCNCc1ccnc(CNCCCN(C)Cc2ccccc2)c1. The number of hydrogen-bond acceptors (Lipinski definition) is 5. The lowest BCUT2D eigenvalue weighted by Gasteiger charge is -2.16. The van der Waals surface area contributed by atoms with Crippen LogP contribution in [0.5, 0.6) is 0 Å². The zero-order chi connectivity index (χ0) is 18.5. The van der Waals surface area contributed by atoms with Crippen molar-refractivity contribution in [2.24, 2.45) is 0 Å². The van der Waals surface area contributed by atoms with Crippen molar-refractivity contribution in [1.29, 1.82) is 0 Å². The zero-order valence-corrected chi connectivity index (χ0v) is 16.1. The van der Waals surface area contributed by atoms with Gasteiger partial charge in [-0.05, 0) is 49.8 Å². The molecule has 1 aromatic heterocycles. The minimum Gasteiger partial charge on any atom is -0.383 e. The molecule has 0 atom stereocenters. The molecule has 2 N–H and O–H groups in total. The first kappa shape index (κ1) is 20.5. The van der Waals surface area contributed by atoms with E-state index < -0.39 is 0 Å². The topological polar surface area (TPSA) is 49.4 Å². The summed E-state index contributed by atoms with van der Waals surface area (Å²) >= 11 is 0. The van der Waals surface area contributed by atoms with Crippen molar-refractivity contribution in [3.8, 4) is 0 Å². The molecule has 0 aliphatic carbocycles. The van der Waals surface area contributed by atoms with Crippen LogP contribution < -0.4 is 10.6 Å². The molecule has 1 aromatic carbocycles. The Morgan fingerprint density at radius 2 is 1.81 bits per heavy atom. The first-order chi connectivity index (χ1) is 12.8. The van der Waals surface area contributed by atoms with Gasteiger partial charge in [0.05, 0.1) is 12.3 Å². The average Bonchev–Trinajstić information content (AvgIpc) is 2.66. The summed E-state index contributed by atoms with van der Waals surface area (Å²) in [6.07, 6.45) is 3.01.